The molecule has 1 atom stereocenters. The standard InChI is InChI=1S/C31H42N2O5/c1-5-9-22-38-26-17-13-24(14-18-26)29(34)27-28(23-11-15-25(16-12-23)37-21-6-2)33(31(36)30(27)35)20-10-19-32(7-3)8-4/h11-18,28,34H,5-10,19-22H2,1-4H3/b29-27-. The third-order valence-electron chi connectivity index (χ3n) is 6.87. The number of benzene rings is 2. The number of hydrogen-bond donors (Lipinski definition) is 1. The fourth-order valence-corrected chi connectivity index (χ4v) is 4.63. The molecule has 7 heteroatoms. The van der Waals surface area contributed by atoms with Gasteiger partial charge in [0, 0.05) is 12.1 Å². The monoisotopic (exact) mass is 522 g/mol. The Morgan fingerprint density at radius 1 is 0.842 bits per heavy atom. The van der Waals surface area contributed by atoms with Crippen molar-refractivity contribution in [1.82, 2.24) is 9.80 Å². The van der Waals surface area contributed by atoms with Crippen LogP contribution in [-0.4, -0.2) is 66.0 Å². The minimum atomic E-state index is -0.674. The molecule has 0 bridgehead atoms. The third-order valence-corrected chi connectivity index (χ3v) is 6.87. The van der Waals surface area contributed by atoms with Crippen LogP contribution >= 0.6 is 0 Å². The molecule has 1 aliphatic rings. The SMILES string of the molecule is CCCCOc1ccc(/C(O)=C2/C(=O)C(=O)N(CCCN(CC)CC)C2c2ccc(OCCC)cc2)cc1. The van der Waals surface area contributed by atoms with Crippen LogP contribution in [0.2, 0.25) is 0 Å². The molecule has 1 amide bonds. The summed E-state index contributed by atoms with van der Waals surface area (Å²) in [4.78, 5) is 30.4. The molecule has 2 aromatic carbocycles. The number of nitrogens with zero attached hydrogens (tertiary/aromatic N) is 2. The normalized spacial score (nSPS) is 16.9. The lowest BCUT2D eigenvalue weighted by Crippen LogP contribution is -2.33. The number of rotatable bonds is 15. The predicted molar refractivity (Wildman–Crippen MR) is 150 cm³/mol. The topological polar surface area (TPSA) is 79.3 Å². The summed E-state index contributed by atoms with van der Waals surface area (Å²) < 4.78 is 11.5. The van der Waals surface area contributed by atoms with Gasteiger partial charge in [-0.3, -0.25) is 9.59 Å². The van der Waals surface area contributed by atoms with E-state index in [-0.39, 0.29) is 11.3 Å². The van der Waals surface area contributed by atoms with Crippen molar-refractivity contribution in [3.8, 4) is 11.5 Å². The Kier molecular flexibility index (Phi) is 11.2. The van der Waals surface area contributed by atoms with Crippen molar-refractivity contribution in [1.29, 1.82) is 0 Å². The van der Waals surface area contributed by atoms with Gasteiger partial charge in [-0.2, -0.15) is 0 Å². The summed E-state index contributed by atoms with van der Waals surface area (Å²) in [5.41, 5.74) is 1.35. The molecule has 1 saturated heterocycles. The number of unbranched alkanes of at least 4 members (excludes halogenated alkanes) is 1. The Hall–Kier alpha value is -3.32. The Labute approximate surface area is 227 Å². The highest BCUT2D eigenvalue weighted by molar-refractivity contribution is 6.46. The number of aliphatic hydroxyl groups excluding tert-OH is 1. The van der Waals surface area contributed by atoms with Crippen molar-refractivity contribution < 1.29 is 24.2 Å². The van der Waals surface area contributed by atoms with Crippen molar-refractivity contribution in [2.75, 3.05) is 39.4 Å². The van der Waals surface area contributed by atoms with E-state index in [0.29, 0.717) is 31.1 Å². The van der Waals surface area contributed by atoms with E-state index in [4.69, 9.17) is 9.47 Å². The maximum absolute atomic E-state index is 13.3. The fraction of sp³-hybridized carbons (Fsp3) is 0.484. The van der Waals surface area contributed by atoms with Crippen LogP contribution in [0.5, 0.6) is 11.5 Å². The maximum atomic E-state index is 13.3. The molecule has 1 unspecified atom stereocenters. The fourth-order valence-electron chi connectivity index (χ4n) is 4.63. The van der Waals surface area contributed by atoms with Crippen LogP contribution in [0.4, 0.5) is 0 Å². The number of Topliss-reactive ketones (excluding diaryl/α,β-unsaturated/α-hetero) is 1. The molecule has 0 saturated carbocycles. The second-order valence-corrected chi connectivity index (χ2v) is 9.52. The molecule has 1 N–H and O–H groups in total. The Morgan fingerprint density at radius 2 is 1.45 bits per heavy atom. The summed E-state index contributed by atoms with van der Waals surface area (Å²) in [5, 5.41) is 11.3. The number of ketones is 1. The zero-order valence-electron chi connectivity index (χ0n) is 23.2. The first-order valence-corrected chi connectivity index (χ1v) is 13.9. The number of carbonyl (C=O) groups excluding carboxylic acids is 2. The quantitative estimate of drug-likeness (QED) is 0.138. The van der Waals surface area contributed by atoms with Gasteiger partial charge in [-0.25, -0.2) is 0 Å². The van der Waals surface area contributed by atoms with E-state index >= 15 is 0 Å². The zero-order chi connectivity index (χ0) is 27.5. The van der Waals surface area contributed by atoms with Gasteiger partial charge in [0.15, 0.2) is 0 Å². The van der Waals surface area contributed by atoms with Crippen LogP contribution in [0.3, 0.4) is 0 Å². The highest BCUT2D eigenvalue weighted by atomic mass is 16.5. The first kappa shape index (κ1) is 29.2. The van der Waals surface area contributed by atoms with E-state index < -0.39 is 17.7 Å². The van der Waals surface area contributed by atoms with E-state index in [0.717, 1.165) is 56.6 Å². The van der Waals surface area contributed by atoms with Crippen LogP contribution in [0.25, 0.3) is 5.76 Å². The van der Waals surface area contributed by atoms with Crippen molar-refractivity contribution in [2.24, 2.45) is 0 Å². The molecule has 38 heavy (non-hydrogen) atoms. The van der Waals surface area contributed by atoms with Crippen molar-refractivity contribution >= 4 is 17.4 Å². The van der Waals surface area contributed by atoms with Crippen LogP contribution in [0.15, 0.2) is 54.1 Å². The first-order chi connectivity index (χ1) is 18.4. The molecule has 2 aromatic rings. The molecule has 7 nitrogen and oxygen atoms in total. The molecule has 1 fully saturated rings. The number of likely N-dealkylation sites (tertiary alicyclic amines) is 1. The smallest absolute Gasteiger partial charge is 0.295 e. The number of amides is 1. The van der Waals surface area contributed by atoms with E-state index in [1.165, 1.54) is 0 Å². The number of aliphatic hydroxyl groups is 1. The first-order valence-electron chi connectivity index (χ1n) is 13.9. The summed E-state index contributed by atoms with van der Waals surface area (Å²) in [6, 6.07) is 13.8. The second-order valence-electron chi connectivity index (χ2n) is 9.52. The molecule has 0 aromatic heterocycles. The Bertz CT molecular complexity index is 1070. The largest absolute Gasteiger partial charge is 0.507 e. The second kappa shape index (κ2) is 14.6. The molecule has 1 heterocycles. The van der Waals surface area contributed by atoms with E-state index in [9.17, 15) is 14.7 Å². The molecule has 3 rings (SSSR count). The average molecular weight is 523 g/mol. The number of carbonyl (C=O) groups is 2. The molecule has 0 radical (unpaired) electrons. The van der Waals surface area contributed by atoms with Gasteiger partial charge in [0.25, 0.3) is 11.7 Å². The molecule has 1 aliphatic heterocycles. The molecule has 206 valence electrons. The zero-order valence-corrected chi connectivity index (χ0v) is 23.2. The summed E-state index contributed by atoms with van der Waals surface area (Å²) >= 11 is 0. The van der Waals surface area contributed by atoms with Gasteiger partial charge in [0.1, 0.15) is 17.3 Å². The third kappa shape index (κ3) is 7.16. The summed E-state index contributed by atoms with van der Waals surface area (Å²) in [6.07, 6.45) is 3.63. The van der Waals surface area contributed by atoms with Gasteiger partial charge in [-0.15, -0.1) is 0 Å². The highest BCUT2D eigenvalue weighted by Gasteiger charge is 2.45. The minimum absolute atomic E-state index is 0.111. The van der Waals surface area contributed by atoms with Gasteiger partial charge < -0.3 is 24.4 Å². The van der Waals surface area contributed by atoms with Crippen LogP contribution in [-0.2, 0) is 9.59 Å². The molecule has 0 aliphatic carbocycles. The predicted octanol–water partition coefficient (Wildman–Crippen LogP) is 5.81. The molecular formula is C31H42N2O5. The lowest BCUT2D eigenvalue weighted by atomic mass is 9.95. The number of hydrogen-bond acceptors (Lipinski definition) is 6. The van der Waals surface area contributed by atoms with Gasteiger partial charge >= 0.3 is 0 Å². The van der Waals surface area contributed by atoms with Gasteiger partial charge in [0.2, 0.25) is 0 Å². The van der Waals surface area contributed by atoms with Crippen LogP contribution in [0, 0.1) is 0 Å². The van der Waals surface area contributed by atoms with E-state index in [1.54, 1.807) is 29.2 Å². The highest BCUT2D eigenvalue weighted by Crippen LogP contribution is 2.40. The summed E-state index contributed by atoms with van der Waals surface area (Å²) in [5.74, 6) is 0.0108. The maximum Gasteiger partial charge on any atom is 0.295 e. The molecular weight excluding hydrogens is 480 g/mol. The number of ether oxygens (including phenoxy) is 2. The summed E-state index contributed by atoms with van der Waals surface area (Å²) in [7, 11) is 0. The van der Waals surface area contributed by atoms with Gasteiger partial charge in [-0.1, -0.05) is 46.2 Å². The Morgan fingerprint density at radius 3 is 2.03 bits per heavy atom. The van der Waals surface area contributed by atoms with Crippen molar-refractivity contribution in [3.05, 3.63) is 65.2 Å². The van der Waals surface area contributed by atoms with Crippen LogP contribution < -0.4 is 9.47 Å². The van der Waals surface area contributed by atoms with Crippen molar-refractivity contribution in [2.45, 2.75) is 59.4 Å². The van der Waals surface area contributed by atoms with Gasteiger partial charge in [0.05, 0.1) is 24.8 Å². The lowest BCUT2D eigenvalue weighted by Gasteiger charge is -2.27. The minimum Gasteiger partial charge on any atom is -0.507 e. The van der Waals surface area contributed by atoms with Crippen molar-refractivity contribution in [3.63, 3.8) is 0 Å². The lowest BCUT2D eigenvalue weighted by molar-refractivity contribution is -0.140. The molecule has 0 spiro atoms. The average Bonchev–Trinajstić information content (AvgIpc) is 3.19. The Balaban J connectivity index is 1.95. The summed E-state index contributed by atoms with van der Waals surface area (Å²) in [6.45, 7) is 12.7. The van der Waals surface area contributed by atoms with E-state index in [1.807, 2.05) is 31.2 Å². The van der Waals surface area contributed by atoms with Gasteiger partial charge in [-0.05, 0) is 80.9 Å². The van der Waals surface area contributed by atoms with E-state index in [2.05, 4.69) is 25.7 Å². The van der Waals surface area contributed by atoms with Crippen LogP contribution in [0.1, 0.15) is 70.5 Å².